The summed E-state index contributed by atoms with van der Waals surface area (Å²) in [4.78, 5) is 103. The van der Waals surface area contributed by atoms with Crippen LogP contribution < -0.4 is 43.6 Å². The van der Waals surface area contributed by atoms with Crippen molar-refractivity contribution in [2.24, 2.45) is 0 Å². The van der Waals surface area contributed by atoms with E-state index in [1.165, 1.54) is 25.5 Å². The first-order chi connectivity index (χ1) is 63.9. The number of carbonyl (C=O) groups is 3. The molecular formula is C96H120Cl2FN21O6S6. The van der Waals surface area contributed by atoms with Crippen molar-refractivity contribution in [2.75, 3.05) is 188 Å². The molecule has 0 bridgehead atoms. The number of piperazine rings is 3. The van der Waals surface area contributed by atoms with Gasteiger partial charge in [0.25, 0.3) is 5.91 Å². The lowest BCUT2D eigenvalue weighted by Gasteiger charge is -2.41. The minimum absolute atomic E-state index is 0. The summed E-state index contributed by atoms with van der Waals surface area (Å²) in [7, 11) is 6.33. The molecule has 27 nitrogen and oxygen atoms in total. The second-order valence-corrected chi connectivity index (χ2v) is 34.6. The van der Waals surface area contributed by atoms with Gasteiger partial charge in [0.05, 0.1) is 55.0 Å². The molecule has 0 spiro atoms. The molecule has 18 rings (SSSR count). The highest BCUT2D eigenvalue weighted by atomic mass is 35.5. The van der Waals surface area contributed by atoms with E-state index in [-0.39, 0.29) is 120 Å². The Morgan fingerprint density at radius 2 is 0.773 bits per heavy atom. The number of aromatic nitrogens is 6. The zero-order valence-electron chi connectivity index (χ0n) is 80.5. The molecular weight excluding hydrogens is 1830 g/mol. The average molecular weight is 1950 g/mol. The molecule has 0 saturated carbocycles. The fourth-order valence-electron chi connectivity index (χ4n) is 19.4. The third-order valence-corrected chi connectivity index (χ3v) is 26.9. The van der Waals surface area contributed by atoms with Gasteiger partial charge in [0.2, 0.25) is 31.4 Å². The summed E-state index contributed by atoms with van der Waals surface area (Å²) in [5.41, 5.74) is 9.03. The minimum Gasteiger partial charge on any atom is -0.462 e. The zero-order chi connectivity index (χ0) is 92.5. The van der Waals surface area contributed by atoms with Crippen LogP contribution >= 0.6 is 104 Å². The topological polar surface area (TPSA) is 208 Å². The first kappa shape index (κ1) is 95.3. The number of likely N-dealkylation sites (tertiary alicyclic amines) is 3. The molecule has 0 radical (unpaired) electrons. The van der Waals surface area contributed by atoms with Crippen LogP contribution in [0.3, 0.4) is 0 Å². The van der Waals surface area contributed by atoms with E-state index in [1.807, 2.05) is 36.4 Å². The Morgan fingerprint density at radius 3 is 1.13 bits per heavy atom. The molecule has 0 N–H and O–H groups in total. The third kappa shape index (κ3) is 23.2. The number of likely N-dealkylation sites (N-methyl/N-ethyl adjacent to an activating group) is 3. The molecule has 9 aliphatic heterocycles. The Kier molecular flexibility index (Phi) is 34.5. The number of hydrogen-bond donors (Lipinski definition) is 0. The molecule has 6 fully saturated rings. The highest BCUT2D eigenvalue weighted by Crippen LogP contribution is 2.42. The van der Waals surface area contributed by atoms with Gasteiger partial charge in [-0.15, -0.1) is 0 Å². The molecule has 12 heterocycles. The number of benzene rings is 6. The summed E-state index contributed by atoms with van der Waals surface area (Å²) >= 11 is 13.4. The number of halogens is 3. The van der Waals surface area contributed by atoms with Gasteiger partial charge in [-0.2, -0.15) is 111 Å². The second kappa shape index (κ2) is 47.9. The Balaban J connectivity index is 0.000000209. The maximum atomic E-state index is 13.8. The van der Waals surface area contributed by atoms with E-state index in [9.17, 15) is 18.8 Å². The number of anilines is 6. The van der Waals surface area contributed by atoms with Crippen molar-refractivity contribution >= 4 is 189 Å². The van der Waals surface area contributed by atoms with Gasteiger partial charge in [-0.25, -0.2) is 24.1 Å². The summed E-state index contributed by atoms with van der Waals surface area (Å²) in [6, 6.07) is 38.1. The highest BCUT2D eigenvalue weighted by Gasteiger charge is 2.41. The third-order valence-electron chi connectivity index (χ3n) is 26.2. The van der Waals surface area contributed by atoms with Gasteiger partial charge in [0, 0.05) is 147 Å². The molecule has 6 aromatic carbocycles. The lowest BCUT2D eigenvalue weighted by molar-refractivity contribution is -0.131. The van der Waals surface area contributed by atoms with Crippen LogP contribution in [0.4, 0.5) is 38.9 Å². The summed E-state index contributed by atoms with van der Waals surface area (Å²) in [6.07, 6.45) is 8.72. The lowest BCUT2D eigenvalue weighted by atomic mass is 10.0. The molecule has 9 aliphatic rings. The van der Waals surface area contributed by atoms with Crippen LogP contribution in [-0.2, 0) is 53.3 Å². The summed E-state index contributed by atoms with van der Waals surface area (Å²) < 4.78 is 78.2. The van der Waals surface area contributed by atoms with E-state index in [0.717, 1.165) is 174 Å². The van der Waals surface area contributed by atoms with Crippen LogP contribution in [0.5, 0.6) is 18.0 Å². The van der Waals surface area contributed by atoms with Crippen molar-refractivity contribution in [1.82, 2.24) is 59.3 Å². The van der Waals surface area contributed by atoms with Crippen LogP contribution in [0, 0.1) is 19.7 Å². The van der Waals surface area contributed by atoms with Crippen molar-refractivity contribution in [3.8, 4) is 18.0 Å². The molecule has 6 atom stereocenters. The molecule has 36 heteroatoms. The molecule has 132 heavy (non-hydrogen) atoms. The number of ether oxygens (including phenoxy) is 3. The maximum absolute atomic E-state index is 13.8. The monoisotopic (exact) mass is 1950 g/mol. The van der Waals surface area contributed by atoms with Gasteiger partial charge in [-0.1, -0.05) is 128 Å². The predicted molar refractivity (Wildman–Crippen MR) is 556 cm³/mol. The predicted octanol–water partition coefficient (Wildman–Crippen LogP) is 13.6. The summed E-state index contributed by atoms with van der Waals surface area (Å²) in [6.45, 7) is 35.9. The largest absolute Gasteiger partial charge is 0.462 e. The van der Waals surface area contributed by atoms with Crippen molar-refractivity contribution in [3.63, 3.8) is 0 Å². The van der Waals surface area contributed by atoms with Crippen molar-refractivity contribution in [3.05, 3.63) is 231 Å². The van der Waals surface area contributed by atoms with Gasteiger partial charge >= 0.3 is 18.0 Å². The number of hydrogen-bond acceptors (Lipinski definition) is 21. The van der Waals surface area contributed by atoms with E-state index >= 15 is 0 Å². The summed E-state index contributed by atoms with van der Waals surface area (Å²) in [5.74, 6) is -0.864. The smallest absolute Gasteiger partial charge is 0.318 e. The van der Waals surface area contributed by atoms with E-state index in [1.54, 1.807) is 0 Å². The minimum atomic E-state index is -1.01. The molecule has 3 aromatic heterocycles. The number of nitrogens with zero attached hydrogens (tertiary/aromatic N) is 21. The van der Waals surface area contributed by atoms with E-state index in [2.05, 4.69) is 165 Å². The standard InChI is InChI=1S/C32H35ClFN7O2.C32H36ClN7O2.C32H37N7O2.6H2S/c1-21(34)31(42)41-16-15-40(18-24(41)17-35-2)30-25-12-14-39(28-11-5-8-22-7-4-10-26(33)29(22)28)19-27(25)36-32(37-30)43-20-23-9-6-13-38(23)3;1-4-29(41)40-17-16-39(19-24(40)18-34-2)31-25-13-15-38(28-12-6-9-22-8-5-11-26(33)30(22)28)20-27(25)35-32(36-31)42-21-23-10-7-14-37(23)3;1-4-30(40)39-18-17-38(20-25(39)19-33-2)31-27-14-16-37(29-13-7-10-23-9-5-6-12-26(23)29)21-28(27)34-32(35-31)41-22-24-11-8-15-36(24)3;;;;;;/h4-5,7-8,10-11,23-24H,1,6,9,12-20H2,3H3;4-6,8-9,11-12,23-24H,1,7,10,13-21H2,3H3;4-7,9-10,12-13,24-25H,1,8,11,14-22H2,3H3;6*1H2/t2*23-,24-;24-,25-;;;;;;/m000....../s1/i;2*1D2,4D;;;;;;. The first-order valence-corrected chi connectivity index (χ1v) is 44.2. The van der Waals surface area contributed by atoms with Crippen LogP contribution in [0.1, 0.15) is 80.5 Å². The van der Waals surface area contributed by atoms with E-state index in [0.29, 0.717) is 138 Å². The number of fused-ring (bicyclic) bond motifs is 6. The number of rotatable bonds is 21. The number of amides is 3. The van der Waals surface area contributed by atoms with E-state index < -0.39 is 66.8 Å². The Morgan fingerprint density at radius 1 is 0.439 bits per heavy atom. The van der Waals surface area contributed by atoms with Crippen molar-refractivity contribution in [2.45, 2.75) is 114 Å². The fourth-order valence-corrected chi connectivity index (χ4v) is 20.0. The molecule has 3 amide bonds. The van der Waals surface area contributed by atoms with Gasteiger partial charge < -0.3 is 87.5 Å². The molecule has 9 aromatic rings. The zero-order valence-corrected chi connectivity index (χ0v) is 82.0. The van der Waals surface area contributed by atoms with Crippen LogP contribution in [0.2, 0.25) is 10.0 Å². The van der Waals surface area contributed by atoms with Gasteiger partial charge in [-0.3, -0.25) is 14.4 Å². The van der Waals surface area contributed by atoms with Crippen molar-refractivity contribution in [1.29, 1.82) is 0 Å². The second-order valence-electron chi connectivity index (χ2n) is 33.7. The maximum Gasteiger partial charge on any atom is 0.318 e. The highest BCUT2D eigenvalue weighted by molar-refractivity contribution is 7.60. The van der Waals surface area contributed by atoms with Gasteiger partial charge in [-0.05, 0) is 157 Å². The average Bonchev–Trinajstić information content (AvgIpc) is 0.818. The lowest BCUT2D eigenvalue weighted by Crippen LogP contribution is -2.57. The molecule has 702 valence electrons. The molecule has 0 unspecified atom stereocenters. The molecule has 0 aliphatic carbocycles. The number of carbonyl (C=O) groups excluding carboxylic acids is 3. The van der Waals surface area contributed by atoms with Gasteiger partial charge in [0.15, 0.2) is 5.83 Å². The van der Waals surface area contributed by atoms with Crippen LogP contribution in [-0.4, -0.2) is 272 Å². The Bertz CT molecular complexity index is 6060. The Labute approximate surface area is 834 Å². The van der Waals surface area contributed by atoms with Crippen molar-refractivity contribution < 1.29 is 41.2 Å². The molecule has 6 saturated heterocycles. The van der Waals surface area contributed by atoms with Crippen LogP contribution in [0.25, 0.3) is 46.9 Å². The SMILES string of the molecule is S.S.S.S.S.S.[2H]C([2H])=C([2H])C(=O)N1CCN(c2nc(OC[C@@H]3CCCN3C)nc3c2CCN(c2cccc4cccc(Cl)c24)C3)C[C@@H]1C[N+]#[C-].[2H]C([2H])=C([2H])C(=O)N1CCN(c2nc(OC[C@@H]3CCCN3C)nc3c2CCN(c2cccc4ccccc24)C3)C[C@@H]1C[N+]#[C-].[C-]#[N+]C[C@H]1CN(c2nc(OC[C@@H]3CCCN3C)nc3c2CCN(c2cccc4cccc(Cl)c24)C3)CCN1C(=O)C(=C)F. The first-order valence-electron chi connectivity index (χ1n) is 46.5. The fraction of sp³-hybridized carbons (Fsp3) is 0.438. The van der Waals surface area contributed by atoms with Gasteiger partial charge in [0.1, 0.15) is 55.4 Å². The van der Waals surface area contributed by atoms with E-state index in [4.69, 9.17) is 95.3 Å². The summed E-state index contributed by atoms with van der Waals surface area (Å²) in [5, 5.41) is 7.98. The Hall–Kier alpha value is -9.87. The normalized spacial score (nSPS) is 20.5. The quantitative estimate of drug-likeness (QED) is 0.0484. The van der Waals surface area contributed by atoms with Crippen LogP contribution in [0.15, 0.2) is 153 Å².